The van der Waals surface area contributed by atoms with Crippen LogP contribution >= 0.6 is 0 Å². The van der Waals surface area contributed by atoms with Gasteiger partial charge in [0, 0.05) is 0 Å². The van der Waals surface area contributed by atoms with Gasteiger partial charge in [-0.05, 0) is 39.3 Å². The maximum atomic E-state index is 6.36. The van der Waals surface area contributed by atoms with Gasteiger partial charge in [0.2, 0.25) is 0 Å². The van der Waals surface area contributed by atoms with Crippen molar-refractivity contribution in [2.75, 3.05) is 0 Å². The van der Waals surface area contributed by atoms with Crippen molar-refractivity contribution >= 4 is 31.3 Å². The molecule has 84 valence electrons. The van der Waals surface area contributed by atoms with Crippen LogP contribution in [0.25, 0.3) is 0 Å². The molecule has 1 rings (SSSR count). The molecule has 0 amide bonds. The van der Waals surface area contributed by atoms with Crippen LogP contribution in [0.15, 0.2) is 0 Å². The van der Waals surface area contributed by atoms with Crippen LogP contribution in [-0.4, -0.2) is 31.3 Å². The quantitative estimate of drug-likeness (QED) is 0.626. The predicted molar refractivity (Wildman–Crippen MR) is 72.1 cm³/mol. The average Bonchev–Trinajstić information content (AvgIpc) is 1.77. The standard InChI is InChI=1S/C8H24O2Si4/c1-11(2)9-12(3,4)14(7,8)13(5,6)10-11/h1-8H3. The monoisotopic (exact) mass is 264 g/mol. The molecule has 0 spiro atoms. The Balaban J connectivity index is 3.13. The molecule has 1 aliphatic rings. The van der Waals surface area contributed by atoms with Crippen molar-refractivity contribution in [1.29, 1.82) is 0 Å². The highest BCUT2D eigenvalue weighted by atomic mass is 29.7. The van der Waals surface area contributed by atoms with Crippen molar-refractivity contribution < 1.29 is 8.23 Å². The van der Waals surface area contributed by atoms with E-state index in [1.807, 2.05) is 0 Å². The van der Waals surface area contributed by atoms with E-state index in [9.17, 15) is 0 Å². The minimum Gasteiger partial charge on any atom is -0.439 e. The minimum atomic E-state index is -1.79. The summed E-state index contributed by atoms with van der Waals surface area (Å²) in [6.07, 6.45) is 0. The Hall–Kier alpha value is 0.788. The summed E-state index contributed by atoms with van der Waals surface area (Å²) in [6.45, 7) is 19.0. The molecule has 0 radical (unpaired) electrons. The van der Waals surface area contributed by atoms with E-state index in [-0.39, 0.29) is 0 Å². The third-order valence-corrected chi connectivity index (χ3v) is 48.8. The van der Waals surface area contributed by atoms with E-state index < -0.39 is 31.3 Å². The van der Waals surface area contributed by atoms with Crippen molar-refractivity contribution in [2.24, 2.45) is 0 Å². The van der Waals surface area contributed by atoms with Gasteiger partial charge in [-0.15, -0.1) is 0 Å². The zero-order chi connectivity index (χ0) is 11.4. The van der Waals surface area contributed by atoms with Crippen LogP contribution in [0.2, 0.25) is 52.4 Å². The Morgan fingerprint density at radius 2 is 0.857 bits per heavy atom. The Morgan fingerprint density at radius 3 is 1.14 bits per heavy atom. The highest BCUT2D eigenvalue weighted by molar-refractivity contribution is 7.67. The molecule has 0 aromatic heterocycles. The molecule has 1 fully saturated rings. The molecule has 0 saturated carbocycles. The van der Waals surface area contributed by atoms with Crippen LogP contribution in [0.4, 0.5) is 0 Å². The Bertz CT molecular complexity index is 226. The molecule has 0 unspecified atom stereocenters. The zero-order valence-electron chi connectivity index (χ0n) is 10.8. The first-order chi connectivity index (χ1) is 5.91. The highest BCUT2D eigenvalue weighted by Crippen LogP contribution is 2.38. The summed E-state index contributed by atoms with van der Waals surface area (Å²) in [5.74, 6) is 0. The van der Waals surface area contributed by atoms with E-state index in [1.165, 1.54) is 0 Å². The maximum Gasteiger partial charge on any atom is 0.310 e. The van der Waals surface area contributed by atoms with Crippen molar-refractivity contribution in [2.45, 2.75) is 52.4 Å². The van der Waals surface area contributed by atoms with Crippen LogP contribution in [-0.2, 0) is 8.23 Å². The van der Waals surface area contributed by atoms with Crippen LogP contribution in [0, 0.1) is 0 Å². The van der Waals surface area contributed by atoms with Crippen molar-refractivity contribution in [3.05, 3.63) is 0 Å². The topological polar surface area (TPSA) is 18.5 Å². The highest BCUT2D eigenvalue weighted by Gasteiger charge is 2.62. The van der Waals surface area contributed by atoms with Gasteiger partial charge in [0.05, 0.1) is 7.11 Å². The van der Waals surface area contributed by atoms with Crippen LogP contribution in [0.3, 0.4) is 0 Å². The van der Waals surface area contributed by atoms with E-state index in [4.69, 9.17) is 8.23 Å². The SMILES string of the molecule is C[Si]1(C)O[Si](C)(C)[Si](C)(C)[Si](C)(C)O1. The summed E-state index contributed by atoms with van der Waals surface area (Å²) in [7, 11) is -5.96. The lowest BCUT2D eigenvalue weighted by molar-refractivity contribution is 0.394. The summed E-state index contributed by atoms with van der Waals surface area (Å²) in [5.41, 5.74) is 0. The molecule has 6 heteroatoms. The third-order valence-electron chi connectivity index (χ3n) is 4.01. The molecule has 0 aliphatic carbocycles. The normalized spacial score (nSPS) is 32.6. The zero-order valence-corrected chi connectivity index (χ0v) is 14.8. The fourth-order valence-corrected chi connectivity index (χ4v) is 45.3. The fraction of sp³-hybridized carbons (Fsp3) is 1.00. The summed E-state index contributed by atoms with van der Waals surface area (Å²) >= 11 is 0. The lowest BCUT2D eigenvalue weighted by Crippen LogP contribution is -2.80. The first-order valence-electron chi connectivity index (χ1n) is 5.32. The van der Waals surface area contributed by atoms with E-state index in [1.54, 1.807) is 0 Å². The lowest BCUT2D eigenvalue weighted by Gasteiger charge is -2.56. The Kier molecular flexibility index (Phi) is 2.88. The van der Waals surface area contributed by atoms with Crippen LogP contribution in [0.1, 0.15) is 0 Å². The van der Waals surface area contributed by atoms with E-state index in [2.05, 4.69) is 52.4 Å². The van der Waals surface area contributed by atoms with Crippen molar-refractivity contribution in [1.82, 2.24) is 0 Å². The van der Waals surface area contributed by atoms with Gasteiger partial charge in [-0.3, -0.25) is 0 Å². The van der Waals surface area contributed by atoms with Crippen molar-refractivity contribution in [3.8, 4) is 0 Å². The molecule has 0 atom stereocenters. The maximum absolute atomic E-state index is 6.36. The van der Waals surface area contributed by atoms with Gasteiger partial charge in [-0.2, -0.15) is 0 Å². The van der Waals surface area contributed by atoms with E-state index in [0.717, 1.165) is 0 Å². The summed E-state index contributed by atoms with van der Waals surface area (Å²) in [5, 5.41) is 0. The molecule has 0 aromatic carbocycles. The van der Waals surface area contributed by atoms with Gasteiger partial charge in [0.15, 0.2) is 15.7 Å². The van der Waals surface area contributed by atoms with Crippen molar-refractivity contribution in [3.63, 3.8) is 0 Å². The molecular formula is C8H24O2Si4. The average molecular weight is 265 g/mol. The van der Waals surface area contributed by atoms with Gasteiger partial charge >= 0.3 is 8.56 Å². The predicted octanol–water partition coefficient (Wildman–Crippen LogP) is 3.01. The molecule has 14 heavy (non-hydrogen) atoms. The molecule has 1 aliphatic heterocycles. The van der Waals surface area contributed by atoms with Crippen LogP contribution in [0.5, 0.6) is 0 Å². The van der Waals surface area contributed by atoms with Crippen LogP contribution < -0.4 is 0 Å². The first-order valence-corrected chi connectivity index (χ1v) is 18.9. The number of hydrogen-bond donors (Lipinski definition) is 0. The Morgan fingerprint density at radius 1 is 0.571 bits per heavy atom. The summed E-state index contributed by atoms with van der Waals surface area (Å²) < 4.78 is 12.7. The third kappa shape index (κ3) is 1.87. The fourth-order valence-electron chi connectivity index (χ4n) is 2.23. The second-order valence-electron chi connectivity index (χ2n) is 6.25. The minimum absolute atomic E-state index is 1.27. The molecule has 0 aromatic rings. The second-order valence-corrected chi connectivity index (χ2v) is 36.2. The van der Waals surface area contributed by atoms with Gasteiger partial charge in [-0.1, -0.05) is 13.1 Å². The van der Waals surface area contributed by atoms with Gasteiger partial charge in [0.1, 0.15) is 0 Å². The number of rotatable bonds is 0. The number of hydrogen-bond acceptors (Lipinski definition) is 2. The van der Waals surface area contributed by atoms with Gasteiger partial charge in [0.25, 0.3) is 0 Å². The molecular weight excluding hydrogens is 240 g/mol. The molecule has 1 saturated heterocycles. The van der Waals surface area contributed by atoms with Gasteiger partial charge in [-0.25, -0.2) is 0 Å². The molecule has 0 bridgehead atoms. The van der Waals surface area contributed by atoms with E-state index in [0.29, 0.717) is 0 Å². The largest absolute Gasteiger partial charge is 0.439 e. The van der Waals surface area contributed by atoms with Gasteiger partial charge < -0.3 is 8.23 Å². The first kappa shape index (κ1) is 12.9. The molecule has 0 N–H and O–H groups in total. The summed E-state index contributed by atoms with van der Waals surface area (Å²) in [4.78, 5) is 0. The lowest BCUT2D eigenvalue weighted by atomic mass is 11.9. The summed E-state index contributed by atoms with van der Waals surface area (Å²) in [6, 6.07) is 0. The molecule has 1 heterocycles. The molecule has 2 nitrogen and oxygen atoms in total. The Labute approximate surface area is 92.1 Å². The van der Waals surface area contributed by atoms with E-state index >= 15 is 0 Å². The second kappa shape index (κ2) is 3.14. The smallest absolute Gasteiger partial charge is 0.310 e.